The standard InChI is InChI=1S/C21H21BrN2O7/c1-2-30-17(10-11-18(26)24-29)19(15-12-14(22)8-9-16(15)25)31-21(28)23-20(27)13-6-4-3-5-7-13/h3-12,17,19,25,29H,2H2,1H3,(H,24,26)(H,23,27,28)/b11-10+/t17-,19-/m1/s1. The number of hydrogen-bond donors (Lipinski definition) is 4. The number of rotatable bonds is 8. The molecule has 0 radical (unpaired) electrons. The number of benzene rings is 2. The monoisotopic (exact) mass is 492 g/mol. The highest BCUT2D eigenvalue weighted by atomic mass is 79.9. The molecule has 4 N–H and O–H groups in total. The van der Waals surface area contributed by atoms with Crippen LogP contribution in [0.25, 0.3) is 0 Å². The normalized spacial score (nSPS) is 12.7. The van der Waals surface area contributed by atoms with E-state index in [2.05, 4.69) is 21.2 Å². The predicted octanol–water partition coefficient (Wildman–Crippen LogP) is 3.23. The van der Waals surface area contributed by atoms with Crippen molar-refractivity contribution in [2.75, 3.05) is 6.61 Å². The summed E-state index contributed by atoms with van der Waals surface area (Å²) in [5.41, 5.74) is 1.87. The largest absolute Gasteiger partial charge is 0.508 e. The summed E-state index contributed by atoms with van der Waals surface area (Å²) in [6, 6.07) is 12.5. The topological polar surface area (TPSA) is 134 Å². The summed E-state index contributed by atoms with van der Waals surface area (Å²) in [4.78, 5) is 36.1. The second-order valence-corrected chi connectivity index (χ2v) is 7.02. The Morgan fingerprint density at radius 2 is 1.87 bits per heavy atom. The van der Waals surface area contributed by atoms with Crippen LogP contribution in [-0.2, 0) is 14.3 Å². The summed E-state index contributed by atoms with van der Waals surface area (Å²) in [5.74, 6) is -1.70. The number of hydroxylamine groups is 1. The van der Waals surface area contributed by atoms with Gasteiger partial charge in [-0.2, -0.15) is 0 Å². The van der Waals surface area contributed by atoms with Gasteiger partial charge in [-0.05, 0) is 43.3 Å². The van der Waals surface area contributed by atoms with E-state index in [0.717, 1.165) is 6.08 Å². The van der Waals surface area contributed by atoms with E-state index in [1.54, 1.807) is 31.2 Å². The average molecular weight is 493 g/mol. The van der Waals surface area contributed by atoms with Crippen LogP contribution >= 0.6 is 15.9 Å². The number of phenolic OH excluding ortho intramolecular Hbond substituents is 1. The van der Waals surface area contributed by atoms with Gasteiger partial charge < -0.3 is 14.6 Å². The first-order chi connectivity index (χ1) is 14.8. The van der Waals surface area contributed by atoms with Crippen molar-refractivity contribution in [2.45, 2.75) is 19.1 Å². The lowest BCUT2D eigenvalue weighted by Gasteiger charge is -2.26. The Labute approximate surface area is 186 Å². The number of ether oxygens (including phenoxy) is 2. The molecule has 3 amide bonds. The van der Waals surface area contributed by atoms with E-state index in [1.807, 2.05) is 0 Å². The summed E-state index contributed by atoms with van der Waals surface area (Å²) in [6.45, 7) is 1.86. The van der Waals surface area contributed by atoms with Gasteiger partial charge in [0.1, 0.15) is 11.9 Å². The van der Waals surface area contributed by atoms with E-state index in [1.165, 1.54) is 35.8 Å². The number of phenols is 1. The van der Waals surface area contributed by atoms with Gasteiger partial charge >= 0.3 is 6.09 Å². The summed E-state index contributed by atoms with van der Waals surface area (Å²) in [7, 11) is 0. The third kappa shape index (κ3) is 7.21. The third-order valence-electron chi connectivity index (χ3n) is 3.99. The van der Waals surface area contributed by atoms with Crippen molar-refractivity contribution in [3.05, 3.63) is 76.3 Å². The van der Waals surface area contributed by atoms with Crippen LogP contribution in [0.3, 0.4) is 0 Å². The van der Waals surface area contributed by atoms with Gasteiger partial charge in [-0.15, -0.1) is 0 Å². The molecule has 0 aliphatic rings. The second-order valence-electron chi connectivity index (χ2n) is 6.10. The Morgan fingerprint density at radius 1 is 1.16 bits per heavy atom. The molecule has 0 aromatic heterocycles. The molecule has 9 nitrogen and oxygen atoms in total. The molecule has 0 aliphatic heterocycles. The molecule has 164 valence electrons. The van der Waals surface area contributed by atoms with Crippen molar-refractivity contribution < 1.29 is 34.2 Å². The van der Waals surface area contributed by atoms with E-state index in [9.17, 15) is 19.5 Å². The molecule has 0 aliphatic carbocycles. The summed E-state index contributed by atoms with van der Waals surface area (Å²) >= 11 is 3.29. The molecule has 0 saturated carbocycles. The zero-order valence-corrected chi connectivity index (χ0v) is 18.0. The SMILES string of the molecule is CCO[C@H](/C=C/C(=O)NO)[C@H](OC(=O)NC(=O)c1ccccc1)c1cc(Br)ccc1O. The van der Waals surface area contributed by atoms with Crippen molar-refractivity contribution in [1.29, 1.82) is 0 Å². The third-order valence-corrected chi connectivity index (χ3v) is 4.48. The smallest absolute Gasteiger partial charge is 0.414 e. The van der Waals surface area contributed by atoms with Crippen molar-refractivity contribution in [1.82, 2.24) is 10.8 Å². The summed E-state index contributed by atoms with van der Waals surface area (Å²) in [6.07, 6.45) is -1.10. The molecule has 2 atom stereocenters. The highest BCUT2D eigenvalue weighted by molar-refractivity contribution is 9.10. The lowest BCUT2D eigenvalue weighted by molar-refractivity contribution is -0.124. The zero-order chi connectivity index (χ0) is 22.8. The maximum Gasteiger partial charge on any atom is 0.414 e. The van der Waals surface area contributed by atoms with Crippen molar-refractivity contribution >= 4 is 33.8 Å². The van der Waals surface area contributed by atoms with Crippen LogP contribution < -0.4 is 10.8 Å². The predicted molar refractivity (Wildman–Crippen MR) is 113 cm³/mol. The first kappa shape index (κ1) is 24.1. The molecule has 10 heteroatoms. The molecule has 0 heterocycles. The summed E-state index contributed by atoms with van der Waals surface area (Å²) in [5, 5.41) is 21.1. The Bertz CT molecular complexity index is 950. The number of aromatic hydroxyl groups is 1. The maximum absolute atomic E-state index is 12.5. The van der Waals surface area contributed by atoms with Crippen molar-refractivity contribution in [2.24, 2.45) is 0 Å². The van der Waals surface area contributed by atoms with Gasteiger partial charge in [0.2, 0.25) is 0 Å². The Balaban J connectivity index is 2.33. The average Bonchev–Trinajstić information content (AvgIpc) is 2.77. The lowest BCUT2D eigenvalue weighted by atomic mass is 10.0. The molecule has 2 aromatic carbocycles. The molecular weight excluding hydrogens is 472 g/mol. The molecule has 31 heavy (non-hydrogen) atoms. The maximum atomic E-state index is 12.5. The fourth-order valence-electron chi connectivity index (χ4n) is 2.62. The molecule has 0 saturated heterocycles. The van der Waals surface area contributed by atoms with Crippen LogP contribution in [0.5, 0.6) is 5.75 Å². The minimum Gasteiger partial charge on any atom is -0.508 e. The van der Waals surface area contributed by atoms with E-state index in [4.69, 9.17) is 14.7 Å². The first-order valence-electron chi connectivity index (χ1n) is 9.15. The molecule has 0 bridgehead atoms. The highest BCUT2D eigenvalue weighted by Gasteiger charge is 2.29. The van der Waals surface area contributed by atoms with Crippen LogP contribution in [0.4, 0.5) is 4.79 Å². The molecular formula is C21H21BrN2O7. The van der Waals surface area contributed by atoms with Crippen molar-refractivity contribution in [3.8, 4) is 5.75 Å². The van der Waals surface area contributed by atoms with Gasteiger partial charge in [0, 0.05) is 28.3 Å². The van der Waals surface area contributed by atoms with Gasteiger partial charge in [-0.1, -0.05) is 34.1 Å². The number of hydrogen-bond acceptors (Lipinski definition) is 7. The Morgan fingerprint density at radius 3 is 2.52 bits per heavy atom. The van der Waals surface area contributed by atoms with Gasteiger partial charge in [0.25, 0.3) is 11.8 Å². The number of carbonyl (C=O) groups is 3. The van der Waals surface area contributed by atoms with E-state index >= 15 is 0 Å². The van der Waals surface area contributed by atoms with E-state index in [0.29, 0.717) is 4.47 Å². The van der Waals surface area contributed by atoms with Crippen LogP contribution in [0.2, 0.25) is 0 Å². The number of halogens is 1. The minimum atomic E-state index is -1.23. The van der Waals surface area contributed by atoms with Gasteiger partial charge in [-0.25, -0.2) is 10.3 Å². The number of imide groups is 1. The van der Waals surface area contributed by atoms with Crippen molar-refractivity contribution in [3.63, 3.8) is 0 Å². The molecule has 0 unspecified atom stereocenters. The van der Waals surface area contributed by atoms with Gasteiger partial charge in [0.05, 0.1) is 0 Å². The zero-order valence-electron chi connectivity index (χ0n) is 16.4. The lowest BCUT2D eigenvalue weighted by Crippen LogP contribution is -2.35. The fourth-order valence-corrected chi connectivity index (χ4v) is 2.99. The second kappa shape index (κ2) is 11.8. The highest BCUT2D eigenvalue weighted by Crippen LogP contribution is 2.33. The number of alkyl carbamates (subject to hydrolysis) is 1. The van der Waals surface area contributed by atoms with Gasteiger partial charge in [0.15, 0.2) is 6.10 Å². The Kier molecular flexibility index (Phi) is 9.19. The van der Waals surface area contributed by atoms with E-state index in [-0.39, 0.29) is 23.5 Å². The fraction of sp³-hybridized carbons (Fsp3) is 0.190. The molecule has 2 aromatic rings. The van der Waals surface area contributed by atoms with Crippen LogP contribution in [-0.4, -0.2) is 40.9 Å². The number of amides is 3. The first-order valence-corrected chi connectivity index (χ1v) is 9.94. The van der Waals surface area contributed by atoms with Crippen LogP contribution in [0.15, 0.2) is 65.2 Å². The number of nitrogens with one attached hydrogen (secondary N) is 2. The molecule has 2 rings (SSSR count). The molecule has 0 spiro atoms. The summed E-state index contributed by atoms with van der Waals surface area (Å²) < 4.78 is 11.6. The van der Waals surface area contributed by atoms with Crippen LogP contribution in [0.1, 0.15) is 28.9 Å². The van der Waals surface area contributed by atoms with Crippen LogP contribution in [0, 0.1) is 0 Å². The van der Waals surface area contributed by atoms with E-state index < -0.39 is 30.1 Å². The minimum absolute atomic E-state index is 0.171. The van der Waals surface area contributed by atoms with Gasteiger partial charge in [-0.3, -0.25) is 20.1 Å². The Hall–Kier alpha value is -3.21. The molecule has 0 fully saturated rings. The number of carbonyl (C=O) groups excluding carboxylic acids is 3. The quantitative estimate of drug-likeness (QED) is 0.252.